The second-order valence-corrected chi connectivity index (χ2v) is 11.0. The molecule has 1 aliphatic carbocycles. The van der Waals surface area contributed by atoms with E-state index >= 15 is 0 Å². The number of nitrogens with zero attached hydrogens (tertiary/aromatic N) is 3. The Balaban J connectivity index is 1.55. The Labute approximate surface area is 224 Å². The van der Waals surface area contributed by atoms with Crippen LogP contribution in [0.15, 0.2) is 52.3 Å². The van der Waals surface area contributed by atoms with Gasteiger partial charge in [-0.1, -0.05) is 11.6 Å². The first-order valence-electron chi connectivity index (χ1n) is 12.0. The lowest BCUT2D eigenvalue weighted by atomic mass is 10.0. The van der Waals surface area contributed by atoms with Crippen LogP contribution in [0, 0.1) is 6.92 Å². The third-order valence-electron chi connectivity index (χ3n) is 6.51. The minimum absolute atomic E-state index is 0.0105. The Morgan fingerprint density at radius 3 is 2.68 bits per heavy atom. The van der Waals surface area contributed by atoms with Crippen LogP contribution < -0.4 is 21.7 Å². The molecule has 0 radical (unpaired) electrons. The van der Waals surface area contributed by atoms with Crippen LogP contribution in [-0.2, 0) is 13.1 Å². The van der Waals surface area contributed by atoms with Gasteiger partial charge in [0, 0.05) is 45.5 Å². The van der Waals surface area contributed by atoms with Crippen molar-refractivity contribution < 1.29 is 17.9 Å². The maximum Gasteiger partial charge on any atom is 0.406 e. The predicted molar refractivity (Wildman–Crippen MR) is 141 cm³/mol. The second kappa shape index (κ2) is 10.2. The number of pyridine rings is 1. The van der Waals surface area contributed by atoms with E-state index in [0.29, 0.717) is 25.7 Å². The van der Waals surface area contributed by atoms with Crippen LogP contribution in [0.5, 0.6) is 5.75 Å². The van der Waals surface area contributed by atoms with Crippen molar-refractivity contribution in [2.45, 2.75) is 57.6 Å². The van der Waals surface area contributed by atoms with Crippen molar-refractivity contribution in [1.29, 1.82) is 0 Å². The molecular formula is C26H24ClF3N4O3S. The molecule has 0 saturated heterocycles. The standard InChI is InChI=1S/C26H24ClF3N4O3S/c1-14-8-15(27)9-20(23(14)37-17-3-2-16(31)10-17)19-4-6-32-21-11-18(38-24(19)21)12-34-22(35)5-7-33(25(34)36)13-26(28,29)30/h4-9,11,16-17H,2-3,10,12-13,31H2,1H3/t16-,17-/m1/s1. The topological polar surface area (TPSA) is 92.1 Å². The molecule has 1 aliphatic rings. The smallest absolute Gasteiger partial charge is 0.406 e. The number of alkyl halides is 3. The van der Waals surface area contributed by atoms with E-state index in [1.54, 1.807) is 12.3 Å². The number of rotatable bonds is 6. The number of aryl methyl sites for hydroxylation is 1. The van der Waals surface area contributed by atoms with Gasteiger partial charge in [-0.3, -0.25) is 18.9 Å². The molecule has 12 heteroatoms. The maximum absolute atomic E-state index is 12.9. The zero-order valence-corrected chi connectivity index (χ0v) is 21.9. The van der Waals surface area contributed by atoms with Crippen LogP contribution in [-0.4, -0.2) is 32.4 Å². The SMILES string of the molecule is Cc1cc(Cl)cc(-c2ccnc3cc(Cn4c(=O)ccn(CC(F)(F)F)c4=O)sc23)c1O[C@@H]1CC[C@@H](N)C1. The molecule has 38 heavy (non-hydrogen) atoms. The summed E-state index contributed by atoms with van der Waals surface area (Å²) in [5, 5.41) is 0.538. The van der Waals surface area contributed by atoms with Gasteiger partial charge in [0.2, 0.25) is 0 Å². The molecule has 1 aromatic carbocycles. The first-order valence-corrected chi connectivity index (χ1v) is 13.1. The number of hydrogen-bond donors (Lipinski definition) is 1. The van der Waals surface area contributed by atoms with Crippen LogP contribution in [0.25, 0.3) is 21.3 Å². The lowest BCUT2D eigenvalue weighted by Crippen LogP contribution is -2.41. The van der Waals surface area contributed by atoms with Crippen LogP contribution >= 0.6 is 22.9 Å². The highest BCUT2D eigenvalue weighted by Crippen LogP contribution is 2.42. The fraction of sp³-hybridized carbons (Fsp3) is 0.346. The minimum atomic E-state index is -4.60. The van der Waals surface area contributed by atoms with E-state index in [1.165, 1.54) is 11.3 Å². The van der Waals surface area contributed by atoms with Crippen molar-refractivity contribution >= 4 is 33.2 Å². The fourth-order valence-electron chi connectivity index (χ4n) is 4.78. The molecule has 0 bridgehead atoms. The van der Waals surface area contributed by atoms with Gasteiger partial charge >= 0.3 is 11.9 Å². The number of fused-ring (bicyclic) bond motifs is 1. The van der Waals surface area contributed by atoms with E-state index in [9.17, 15) is 22.8 Å². The molecule has 3 aromatic heterocycles. The number of halogens is 4. The summed E-state index contributed by atoms with van der Waals surface area (Å²) in [6, 6.07) is 8.28. The summed E-state index contributed by atoms with van der Waals surface area (Å²) in [5.74, 6) is 0.699. The Bertz CT molecular complexity index is 1630. The number of benzene rings is 1. The molecule has 0 unspecified atom stereocenters. The summed E-state index contributed by atoms with van der Waals surface area (Å²) >= 11 is 7.73. The summed E-state index contributed by atoms with van der Waals surface area (Å²) in [6.45, 7) is 0.257. The van der Waals surface area contributed by atoms with Crippen LogP contribution in [0.2, 0.25) is 5.02 Å². The van der Waals surface area contributed by atoms with Crippen molar-refractivity contribution in [3.8, 4) is 16.9 Å². The summed E-state index contributed by atoms with van der Waals surface area (Å²) in [5.41, 5.74) is 7.44. The highest BCUT2D eigenvalue weighted by atomic mass is 35.5. The molecule has 1 saturated carbocycles. The molecule has 4 aromatic rings. The highest BCUT2D eigenvalue weighted by molar-refractivity contribution is 7.19. The van der Waals surface area contributed by atoms with Crippen molar-refractivity contribution in [3.05, 3.63) is 79.0 Å². The van der Waals surface area contributed by atoms with Gasteiger partial charge in [-0.25, -0.2) is 4.79 Å². The van der Waals surface area contributed by atoms with E-state index < -0.39 is 24.0 Å². The van der Waals surface area contributed by atoms with E-state index in [0.717, 1.165) is 57.5 Å². The monoisotopic (exact) mass is 564 g/mol. The number of nitrogens with two attached hydrogens (primary N) is 1. The zero-order chi connectivity index (χ0) is 27.2. The summed E-state index contributed by atoms with van der Waals surface area (Å²) in [4.78, 5) is 30.1. The predicted octanol–water partition coefficient (Wildman–Crippen LogP) is 5.12. The van der Waals surface area contributed by atoms with E-state index in [-0.39, 0.29) is 18.7 Å². The van der Waals surface area contributed by atoms with Crippen LogP contribution in [0.4, 0.5) is 13.2 Å². The minimum Gasteiger partial charge on any atom is -0.489 e. The third kappa shape index (κ3) is 5.50. The summed E-state index contributed by atoms with van der Waals surface area (Å²) < 4.78 is 47.1. The molecule has 2 N–H and O–H groups in total. The number of aromatic nitrogens is 3. The van der Waals surface area contributed by atoms with Crippen LogP contribution in [0.1, 0.15) is 29.7 Å². The molecule has 0 amide bonds. The number of ether oxygens (including phenoxy) is 1. The van der Waals surface area contributed by atoms with E-state index in [1.807, 2.05) is 25.1 Å². The lowest BCUT2D eigenvalue weighted by Gasteiger charge is -2.20. The molecule has 7 nitrogen and oxygen atoms in total. The maximum atomic E-state index is 12.9. The Hall–Kier alpha value is -3.15. The molecule has 200 valence electrons. The first-order chi connectivity index (χ1) is 18.0. The second-order valence-electron chi connectivity index (χ2n) is 9.46. The van der Waals surface area contributed by atoms with E-state index in [4.69, 9.17) is 22.1 Å². The summed E-state index contributed by atoms with van der Waals surface area (Å²) in [7, 11) is 0. The molecular weight excluding hydrogens is 541 g/mol. The van der Waals surface area contributed by atoms with Gasteiger partial charge in [0.05, 0.1) is 16.8 Å². The van der Waals surface area contributed by atoms with Gasteiger partial charge in [0.1, 0.15) is 18.4 Å². The Kier molecular flexibility index (Phi) is 7.10. The largest absolute Gasteiger partial charge is 0.489 e. The average Bonchev–Trinajstić information content (AvgIpc) is 3.44. The van der Waals surface area contributed by atoms with Crippen molar-refractivity contribution in [3.63, 3.8) is 0 Å². The molecule has 2 atom stereocenters. The highest BCUT2D eigenvalue weighted by Gasteiger charge is 2.29. The van der Waals surface area contributed by atoms with E-state index in [2.05, 4.69) is 4.98 Å². The zero-order valence-electron chi connectivity index (χ0n) is 20.3. The fourth-order valence-corrected chi connectivity index (χ4v) is 6.19. The average molecular weight is 565 g/mol. The van der Waals surface area contributed by atoms with Crippen molar-refractivity contribution in [2.24, 2.45) is 5.73 Å². The van der Waals surface area contributed by atoms with Gasteiger partial charge in [0.15, 0.2) is 0 Å². The summed E-state index contributed by atoms with van der Waals surface area (Å²) in [6.07, 6.45) is 0.405. The molecule has 5 rings (SSSR count). The first kappa shape index (κ1) is 26.5. The van der Waals surface area contributed by atoms with Gasteiger partial charge < -0.3 is 10.5 Å². The molecule has 3 heterocycles. The quantitative estimate of drug-likeness (QED) is 0.351. The lowest BCUT2D eigenvalue weighted by molar-refractivity contribution is -0.141. The molecule has 0 spiro atoms. The van der Waals surface area contributed by atoms with Gasteiger partial charge in [0.25, 0.3) is 5.56 Å². The van der Waals surface area contributed by atoms with Crippen LogP contribution in [0.3, 0.4) is 0 Å². The third-order valence-corrected chi connectivity index (χ3v) is 7.87. The molecule has 1 fully saturated rings. The van der Waals surface area contributed by atoms with Gasteiger partial charge in [-0.05, 0) is 56.0 Å². The van der Waals surface area contributed by atoms with Gasteiger partial charge in [-0.2, -0.15) is 13.2 Å². The van der Waals surface area contributed by atoms with Crippen molar-refractivity contribution in [1.82, 2.24) is 14.1 Å². The number of hydrogen-bond acceptors (Lipinski definition) is 6. The molecule has 0 aliphatic heterocycles. The van der Waals surface area contributed by atoms with Crippen molar-refractivity contribution in [2.75, 3.05) is 0 Å². The number of thiophene rings is 1. The Morgan fingerprint density at radius 2 is 1.97 bits per heavy atom. The van der Waals surface area contributed by atoms with Gasteiger partial charge in [-0.15, -0.1) is 11.3 Å². The normalized spacial score (nSPS) is 17.8. The Morgan fingerprint density at radius 1 is 1.18 bits per heavy atom.